The second-order valence-electron chi connectivity index (χ2n) is 5.49. The average Bonchev–Trinajstić information content (AvgIpc) is 2.32. The molecule has 5 heteroatoms. The minimum Gasteiger partial charge on any atom is -0.377 e. The standard InChI is InChI=1S/C14H22BrN3O/c1-3-5-10(2)17-13-12(15)8-16-18(14(13)19)9-11-6-4-7-11/h8,10-11,17H,3-7,9H2,1-2H3. The van der Waals surface area contributed by atoms with E-state index in [1.807, 2.05) is 0 Å². The number of nitrogens with zero attached hydrogens (tertiary/aromatic N) is 2. The summed E-state index contributed by atoms with van der Waals surface area (Å²) in [6, 6.07) is 0.300. The highest BCUT2D eigenvalue weighted by atomic mass is 79.9. The van der Waals surface area contributed by atoms with E-state index in [0.717, 1.165) is 23.9 Å². The Balaban J connectivity index is 2.16. The first-order valence-corrected chi connectivity index (χ1v) is 7.93. The summed E-state index contributed by atoms with van der Waals surface area (Å²) < 4.78 is 2.36. The summed E-state index contributed by atoms with van der Waals surface area (Å²) in [6.07, 6.45) is 7.61. The van der Waals surface area contributed by atoms with Gasteiger partial charge in [0.25, 0.3) is 5.56 Å². The Morgan fingerprint density at radius 3 is 2.89 bits per heavy atom. The van der Waals surface area contributed by atoms with Gasteiger partial charge in [-0.1, -0.05) is 19.8 Å². The summed E-state index contributed by atoms with van der Waals surface area (Å²) in [5.74, 6) is 0.632. The summed E-state index contributed by atoms with van der Waals surface area (Å²) >= 11 is 3.42. The maximum Gasteiger partial charge on any atom is 0.291 e. The van der Waals surface area contributed by atoms with Gasteiger partial charge in [0.15, 0.2) is 0 Å². The highest BCUT2D eigenvalue weighted by molar-refractivity contribution is 9.10. The van der Waals surface area contributed by atoms with E-state index in [9.17, 15) is 4.79 Å². The van der Waals surface area contributed by atoms with Crippen molar-refractivity contribution < 1.29 is 0 Å². The van der Waals surface area contributed by atoms with Crippen LogP contribution < -0.4 is 10.9 Å². The zero-order valence-electron chi connectivity index (χ0n) is 11.7. The summed E-state index contributed by atoms with van der Waals surface area (Å²) in [4.78, 5) is 12.4. The molecule has 1 N–H and O–H groups in total. The van der Waals surface area contributed by atoms with E-state index in [1.165, 1.54) is 19.3 Å². The van der Waals surface area contributed by atoms with Crippen LogP contribution >= 0.6 is 15.9 Å². The lowest BCUT2D eigenvalue weighted by Gasteiger charge is -2.25. The third-order valence-electron chi connectivity index (χ3n) is 3.77. The molecule has 1 saturated carbocycles. The molecule has 2 rings (SSSR count). The van der Waals surface area contributed by atoms with Crippen molar-refractivity contribution in [3.05, 3.63) is 21.0 Å². The normalized spacial score (nSPS) is 17.0. The van der Waals surface area contributed by atoms with Crippen molar-refractivity contribution in [3.8, 4) is 0 Å². The molecule has 0 aromatic carbocycles. The number of anilines is 1. The van der Waals surface area contributed by atoms with Gasteiger partial charge >= 0.3 is 0 Å². The van der Waals surface area contributed by atoms with Crippen LogP contribution in [0.4, 0.5) is 5.69 Å². The molecule has 1 atom stereocenters. The Morgan fingerprint density at radius 2 is 2.32 bits per heavy atom. The molecule has 4 nitrogen and oxygen atoms in total. The van der Waals surface area contributed by atoms with Gasteiger partial charge in [0.1, 0.15) is 5.69 Å². The fourth-order valence-corrected chi connectivity index (χ4v) is 2.78. The van der Waals surface area contributed by atoms with Gasteiger partial charge in [0.2, 0.25) is 0 Å². The Morgan fingerprint density at radius 1 is 1.58 bits per heavy atom. The van der Waals surface area contributed by atoms with Crippen LogP contribution in [0, 0.1) is 5.92 Å². The first-order chi connectivity index (χ1) is 9.11. The fourth-order valence-electron chi connectivity index (χ4n) is 2.40. The van der Waals surface area contributed by atoms with E-state index < -0.39 is 0 Å². The van der Waals surface area contributed by atoms with E-state index in [-0.39, 0.29) is 5.56 Å². The van der Waals surface area contributed by atoms with Crippen molar-refractivity contribution in [2.45, 2.75) is 58.5 Å². The highest BCUT2D eigenvalue weighted by Crippen LogP contribution is 2.27. The van der Waals surface area contributed by atoms with Crippen molar-refractivity contribution in [3.63, 3.8) is 0 Å². The van der Waals surface area contributed by atoms with E-state index in [1.54, 1.807) is 10.9 Å². The fraction of sp³-hybridized carbons (Fsp3) is 0.714. The van der Waals surface area contributed by atoms with Gasteiger partial charge < -0.3 is 5.32 Å². The van der Waals surface area contributed by atoms with Gasteiger partial charge in [-0.2, -0.15) is 5.10 Å². The molecule has 19 heavy (non-hydrogen) atoms. The molecule has 0 amide bonds. The van der Waals surface area contributed by atoms with Crippen LogP contribution in [0.1, 0.15) is 46.0 Å². The van der Waals surface area contributed by atoms with Crippen LogP contribution in [0.5, 0.6) is 0 Å². The zero-order valence-corrected chi connectivity index (χ0v) is 13.2. The maximum absolute atomic E-state index is 12.4. The van der Waals surface area contributed by atoms with E-state index in [4.69, 9.17) is 0 Å². The summed E-state index contributed by atoms with van der Waals surface area (Å²) in [6.45, 7) is 5.00. The monoisotopic (exact) mass is 327 g/mol. The molecule has 1 heterocycles. The van der Waals surface area contributed by atoms with Gasteiger partial charge in [-0.3, -0.25) is 4.79 Å². The van der Waals surface area contributed by atoms with E-state index in [0.29, 0.717) is 17.6 Å². The van der Waals surface area contributed by atoms with Crippen molar-refractivity contribution in [2.24, 2.45) is 5.92 Å². The highest BCUT2D eigenvalue weighted by Gasteiger charge is 2.20. The van der Waals surface area contributed by atoms with Gasteiger partial charge in [-0.15, -0.1) is 0 Å². The van der Waals surface area contributed by atoms with Crippen molar-refractivity contribution in [1.29, 1.82) is 0 Å². The minimum absolute atomic E-state index is 0.00997. The lowest BCUT2D eigenvalue weighted by atomic mass is 9.85. The SMILES string of the molecule is CCCC(C)Nc1c(Br)cnn(CC2CCC2)c1=O. The molecule has 106 valence electrons. The van der Waals surface area contributed by atoms with Crippen LogP contribution in [0.15, 0.2) is 15.5 Å². The van der Waals surface area contributed by atoms with Gasteiger partial charge in [0.05, 0.1) is 10.7 Å². The third-order valence-corrected chi connectivity index (χ3v) is 4.37. The lowest BCUT2D eigenvalue weighted by Crippen LogP contribution is -2.32. The summed E-state index contributed by atoms with van der Waals surface area (Å²) in [5.41, 5.74) is 0.638. The quantitative estimate of drug-likeness (QED) is 0.870. The Labute approximate surface area is 122 Å². The first-order valence-electron chi connectivity index (χ1n) is 7.14. The van der Waals surface area contributed by atoms with Crippen molar-refractivity contribution in [2.75, 3.05) is 5.32 Å². The maximum atomic E-state index is 12.4. The Bertz CT molecular complexity index is 482. The molecule has 1 fully saturated rings. The molecule has 1 unspecified atom stereocenters. The molecule has 0 spiro atoms. The van der Waals surface area contributed by atoms with Crippen molar-refractivity contribution >= 4 is 21.6 Å². The Hall–Kier alpha value is -0.840. The molecule has 1 aliphatic rings. The number of aromatic nitrogens is 2. The Kier molecular flexibility index (Phi) is 5.02. The molecule has 1 aromatic heterocycles. The van der Waals surface area contributed by atoms with Gasteiger partial charge in [-0.05, 0) is 48.0 Å². The molecule has 0 radical (unpaired) electrons. The molecular formula is C14H22BrN3O. The molecule has 1 aliphatic carbocycles. The molecule has 0 aliphatic heterocycles. The van der Waals surface area contributed by atoms with Crippen LogP contribution in [-0.2, 0) is 6.54 Å². The second kappa shape index (κ2) is 6.55. The topological polar surface area (TPSA) is 46.9 Å². The van der Waals surface area contributed by atoms with E-state index >= 15 is 0 Å². The predicted molar refractivity (Wildman–Crippen MR) is 81.5 cm³/mol. The lowest BCUT2D eigenvalue weighted by molar-refractivity contribution is 0.262. The third kappa shape index (κ3) is 3.59. The number of rotatable bonds is 6. The van der Waals surface area contributed by atoms with Crippen LogP contribution in [0.2, 0.25) is 0 Å². The smallest absolute Gasteiger partial charge is 0.291 e. The number of hydrogen-bond donors (Lipinski definition) is 1. The van der Waals surface area contributed by atoms with Crippen LogP contribution in [-0.4, -0.2) is 15.8 Å². The van der Waals surface area contributed by atoms with Gasteiger partial charge in [-0.25, -0.2) is 4.68 Å². The second-order valence-corrected chi connectivity index (χ2v) is 6.34. The van der Waals surface area contributed by atoms with Crippen LogP contribution in [0.25, 0.3) is 0 Å². The van der Waals surface area contributed by atoms with Gasteiger partial charge in [0, 0.05) is 12.6 Å². The number of halogens is 1. The summed E-state index contributed by atoms with van der Waals surface area (Å²) in [7, 11) is 0. The zero-order chi connectivity index (χ0) is 13.8. The van der Waals surface area contributed by atoms with Crippen LogP contribution in [0.3, 0.4) is 0 Å². The molecule has 0 bridgehead atoms. The average molecular weight is 328 g/mol. The minimum atomic E-state index is -0.00997. The predicted octanol–water partition coefficient (Wildman–Crippen LogP) is 3.41. The molecular weight excluding hydrogens is 306 g/mol. The molecule has 0 saturated heterocycles. The van der Waals surface area contributed by atoms with E-state index in [2.05, 4.69) is 40.2 Å². The number of hydrogen-bond acceptors (Lipinski definition) is 3. The largest absolute Gasteiger partial charge is 0.377 e. The number of nitrogens with one attached hydrogen (secondary N) is 1. The van der Waals surface area contributed by atoms with Crippen molar-refractivity contribution in [1.82, 2.24) is 9.78 Å². The first kappa shape index (κ1) is 14.6. The summed E-state index contributed by atoms with van der Waals surface area (Å²) in [5, 5.41) is 7.54. The molecule has 1 aromatic rings.